The Kier molecular flexibility index (Phi) is 4.56. The summed E-state index contributed by atoms with van der Waals surface area (Å²) in [5, 5.41) is 8.73. The van der Waals surface area contributed by atoms with Crippen molar-refractivity contribution in [2.75, 3.05) is 30.4 Å². The molecule has 0 unspecified atom stereocenters. The third-order valence-corrected chi connectivity index (χ3v) is 3.82. The second-order valence-electron chi connectivity index (χ2n) is 5.15. The molecular weight excluding hydrogens is 238 g/mol. The van der Waals surface area contributed by atoms with E-state index in [9.17, 15) is 0 Å². The summed E-state index contributed by atoms with van der Waals surface area (Å²) in [5.41, 5.74) is 0. The standard InChI is InChI=1S/C14H21N5/c1-18(9-8-15)13-10-14(17-11-16-13)19(2)12-6-4-3-5-7-12/h10-12H,3-7,9H2,1-2H3. The van der Waals surface area contributed by atoms with Crippen LogP contribution in [0.1, 0.15) is 32.1 Å². The molecule has 1 aromatic heterocycles. The van der Waals surface area contributed by atoms with Gasteiger partial charge in [0.25, 0.3) is 0 Å². The van der Waals surface area contributed by atoms with E-state index >= 15 is 0 Å². The van der Waals surface area contributed by atoms with Crippen molar-refractivity contribution >= 4 is 11.6 Å². The van der Waals surface area contributed by atoms with Crippen molar-refractivity contribution in [2.24, 2.45) is 0 Å². The van der Waals surface area contributed by atoms with E-state index in [4.69, 9.17) is 5.26 Å². The number of hydrogen-bond acceptors (Lipinski definition) is 5. The maximum Gasteiger partial charge on any atom is 0.134 e. The lowest BCUT2D eigenvalue weighted by atomic mass is 9.94. The molecule has 1 fully saturated rings. The van der Waals surface area contributed by atoms with E-state index in [0.29, 0.717) is 12.6 Å². The van der Waals surface area contributed by atoms with Gasteiger partial charge in [-0.2, -0.15) is 5.26 Å². The molecule has 102 valence electrons. The Morgan fingerprint density at radius 3 is 2.58 bits per heavy atom. The van der Waals surface area contributed by atoms with Gasteiger partial charge in [-0.1, -0.05) is 19.3 Å². The van der Waals surface area contributed by atoms with Gasteiger partial charge in [-0.25, -0.2) is 9.97 Å². The van der Waals surface area contributed by atoms with E-state index < -0.39 is 0 Å². The third kappa shape index (κ3) is 3.34. The normalized spacial score (nSPS) is 15.8. The van der Waals surface area contributed by atoms with Crippen LogP contribution >= 0.6 is 0 Å². The summed E-state index contributed by atoms with van der Waals surface area (Å²) >= 11 is 0. The van der Waals surface area contributed by atoms with Crippen LogP contribution in [0.5, 0.6) is 0 Å². The van der Waals surface area contributed by atoms with Gasteiger partial charge >= 0.3 is 0 Å². The van der Waals surface area contributed by atoms with Crippen LogP contribution in [0.25, 0.3) is 0 Å². The highest BCUT2D eigenvalue weighted by Crippen LogP contribution is 2.25. The number of anilines is 2. The van der Waals surface area contributed by atoms with Crippen molar-refractivity contribution in [2.45, 2.75) is 38.1 Å². The Morgan fingerprint density at radius 2 is 1.89 bits per heavy atom. The van der Waals surface area contributed by atoms with E-state index in [-0.39, 0.29) is 0 Å². The second kappa shape index (κ2) is 6.37. The van der Waals surface area contributed by atoms with Gasteiger partial charge in [0.15, 0.2) is 0 Å². The van der Waals surface area contributed by atoms with E-state index in [2.05, 4.69) is 28.0 Å². The summed E-state index contributed by atoms with van der Waals surface area (Å²) < 4.78 is 0. The van der Waals surface area contributed by atoms with Gasteiger partial charge in [-0.15, -0.1) is 0 Å². The zero-order valence-electron chi connectivity index (χ0n) is 11.7. The smallest absolute Gasteiger partial charge is 0.134 e. The predicted molar refractivity (Wildman–Crippen MR) is 76.2 cm³/mol. The molecule has 1 heterocycles. The summed E-state index contributed by atoms with van der Waals surface area (Å²) in [6, 6.07) is 4.68. The fraction of sp³-hybridized carbons (Fsp3) is 0.643. The monoisotopic (exact) mass is 259 g/mol. The number of nitriles is 1. The van der Waals surface area contributed by atoms with Crippen molar-refractivity contribution in [3.8, 4) is 6.07 Å². The van der Waals surface area contributed by atoms with Crippen LogP contribution in [0.2, 0.25) is 0 Å². The summed E-state index contributed by atoms with van der Waals surface area (Å²) in [7, 11) is 3.97. The molecule has 0 aromatic carbocycles. The first-order valence-corrected chi connectivity index (χ1v) is 6.85. The highest BCUT2D eigenvalue weighted by Gasteiger charge is 2.19. The van der Waals surface area contributed by atoms with Crippen LogP contribution < -0.4 is 9.80 Å². The summed E-state index contributed by atoms with van der Waals surface area (Å²) in [6.07, 6.45) is 8.03. The molecule has 5 heteroatoms. The molecule has 0 aliphatic heterocycles. The maximum absolute atomic E-state index is 8.73. The average Bonchev–Trinajstić information content (AvgIpc) is 2.48. The summed E-state index contributed by atoms with van der Waals surface area (Å²) in [5.74, 6) is 1.75. The van der Waals surface area contributed by atoms with Crippen LogP contribution in [0, 0.1) is 11.3 Å². The molecular formula is C14H21N5. The van der Waals surface area contributed by atoms with Gasteiger partial charge in [0.2, 0.25) is 0 Å². The lowest BCUT2D eigenvalue weighted by Crippen LogP contribution is -2.34. The Morgan fingerprint density at radius 1 is 1.21 bits per heavy atom. The summed E-state index contributed by atoms with van der Waals surface area (Å²) in [6.45, 7) is 0.337. The molecule has 0 saturated heterocycles. The molecule has 2 rings (SSSR count). The average molecular weight is 259 g/mol. The summed E-state index contributed by atoms with van der Waals surface area (Å²) in [4.78, 5) is 12.7. The van der Waals surface area contributed by atoms with E-state index in [1.165, 1.54) is 32.1 Å². The van der Waals surface area contributed by atoms with Gasteiger partial charge in [0.05, 0.1) is 6.07 Å². The Balaban J connectivity index is 2.11. The van der Waals surface area contributed by atoms with Gasteiger partial charge < -0.3 is 9.80 Å². The molecule has 0 amide bonds. The second-order valence-corrected chi connectivity index (χ2v) is 5.15. The fourth-order valence-corrected chi connectivity index (χ4v) is 2.58. The number of nitrogens with zero attached hydrogens (tertiary/aromatic N) is 5. The highest BCUT2D eigenvalue weighted by atomic mass is 15.2. The molecule has 1 aromatic rings. The van der Waals surface area contributed by atoms with Crippen molar-refractivity contribution in [3.05, 3.63) is 12.4 Å². The molecule has 0 atom stereocenters. The van der Waals surface area contributed by atoms with Crippen molar-refractivity contribution < 1.29 is 0 Å². The van der Waals surface area contributed by atoms with E-state index in [1.807, 2.05) is 18.0 Å². The Labute approximate surface area is 114 Å². The number of aromatic nitrogens is 2. The molecule has 5 nitrogen and oxygen atoms in total. The van der Waals surface area contributed by atoms with Gasteiger partial charge in [0, 0.05) is 26.2 Å². The van der Waals surface area contributed by atoms with Crippen molar-refractivity contribution in [1.29, 1.82) is 5.26 Å². The molecule has 0 radical (unpaired) electrons. The minimum absolute atomic E-state index is 0.337. The zero-order chi connectivity index (χ0) is 13.7. The lowest BCUT2D eigenvalue weighted by molar-refractivity contribution is 0.426. The van der Waals surface area contributed by atoms with Gasteiger partial charge in [-0.3, -0.25) is 0 Å². The molecule has 1 aliphatic rings. The number of rotatable bonds is 4. The molecule has 0 bridgehead atoms. The lowest BCUT2D eigenvalue weighted by Gasteiger charge is -2.32. The SMILES string of the molecule is CN(CC#N)c1cc(N(C)C2CCCCC2)ncn1. The Bertz CT molecular complexity index is 447. The fourth-order valence-electron chi connectivity index (χ4n) is 2.58. The van der Waals surface area contributed by atoms with Crippen LogP contribution in [0.15, 0.2) is 12.4 Å². The van der Waals surface area contributed by atoms with Crippen LogP contribution in [-0.4, -0.2) is 36.6 Å². The Hall–Kier alpha value is -1.83. The first-order chi connectivity index (χ1) is 9.22. The highest BCUT2D eigenvalue weighted by molar-refractivity contribution is 5.50. The number of hydrogen-bond donors (Lipinski definition) is 0. The van der Waals surface area contributed by atoms with Crippen LogP contribution in [0.4, 0.5) is 11.6 Å². The zero-order valence-corrected chi connectivity index (χ0v) is 11.7. The molecule has 0 N–H and O–H groups in total. The molecule has 1 saturated carbocycles. The van der Waals surface area contributed by atoms with Gasteiger partial charge in [-0.05, 0) is 12.8 Å². The van der Waals surface area contributed by atoms with Crippen molar-refractivity contribution in [1.82, 2.24) is 9.97 Å². The minimum atomic E-state index is 0.337. The predicted octanol–water partition coefficient (Wildman–Crippen LogP) is 2.21. The first-order valence-electron chi connectivity index (χ1n) is 6.85. The van der Waals surface area contributed by atoms with Crippen molar-refractivity contribution in [3.63, 3.8) is 0 Å². The topological polar surface area (TPSA) is 56.1 Å². The minimum Gasteiger partial charge on any atom is -0.357 e. The molecule has 19 heavy (non-hydrogen) atoms. The van der Waals surface area contributed by atoms with Gasteiger partial charge in [0.1, 0.15) is 24.5 Å². The van der Waals surface area contributed by atoms with Crippen LogP contribution in [-0.2, 0) is 0 Å². The molecule has 1 aliphatic carbocycles. The quantitative estimate of drug-likeness (QED) is 0.776. The maximum atomic E-state index is 8.73. The molecule has 0 spiro atoms. The van der Waals surface area contributed by atoms with E-state index in [1.54, 1.807) is 6.33 Å². The van der Waals surface area contributed by atoms with E-state index in [0.717, 1.165) is 11.6 Å². The third-order valence-electron chi connectivity index (χ3n) is 3.82. The van der Waals surface area contributed by atoms with Crippen LogP contribution in [0.3, 0.4) is 0 Å². The first kappa shape index (κ1) is 13.6. The largest absolute Gasteiger partial charge is 0.357 e.